The first-order valence-corrected chi connectivity index (χ1v) is 37.3. The molecule has 2 aliphatic heterocycles. The number of aromatic nitrogens is 6. The maximum absolute atomic E-state index is 7.06. The highest BCUT2D eigenvalue weighted by molar-refractivity contribution is 5.99. The van der Waals surface area contributed by atoms with Crippen LogP contribution >= 0.6 is 0 Å². The van der Waals surface area contributed by atoms with E-state index in [2.05, 4.69) is 340 Å². The molecule has 0 saturated carbocycles. The van der Waals surface area contributed by atoms with E-state index in [1.54, 1.807) is 0 Å². The van der Waals surface area contributed by atoms with Gasteiger partial charge in [-0.2, -0.15) is 0 Å². The summed E-state index contributed by atoms with van der Waals surface area (Å²) in [5.74, 6) is 6.83. The lowest BCUT2D eigenvalue weighted by atomic mass is 9.65. The van der Waals surface area contributed by atoms with Crippen molar-refractivity contribution in [2.45, 2.75) is 10.8 Å². The largest absolute Gasteiger partial charge is 0.457 e. The molecule has 0 fully saturated rings. The Bertz CT molecular complexity index is 6770. The topological polar surface area (TPSA) is 95.8 Å². The first kappa shape index (κ1) is 62.7. The van der Waals surface area contributed by atoms with Crippen LogP contribution in [0.1, 0.15) is 44.5 Å². The molecule has 0 bridgehead atoms. The molecule has 4 heterocycles. The average molecular weight is 1400 g/mol. The average Bonchev–Trinajstić information content (AvgIpc) is 1.50. The van der Waals surface area contributed by atoms with Gasteiger partial charge in [-0.15, -0.1) is 0 Å². The zero-order valence-electron chi connectivity index (χ0n) is 59.3. The fraction of sp³-hybridized carbons (Fsp3) is 0.0196. The summed E-state index contributed by atoms with van der Waals surface area (Å²) in [5, 5.41) is 2.27. The number of hydrogen-bond acceptors (Lipinski definition) is 8. The lowest BCUT2D eigenvalue weighted by Gasteiger charge is -2.39. The van der Waals surface area contributed by atoms with Gasteiger partial charge in [0, 0.05) is 55.6 Å². The van der Waals surface area contributed by atoms with E-state index in [0.717, 1.165) is 134 Å². The summed E-state index contributed by atoms with van der Waals surface area (Å²) in [4.78, 5) is 31.8. The third-order valence-electron chi connectivity index (χ3n) is 22.8. The molecule has 0 saturated heterocycles. The molecule has 4 aliphatic rings. The first-order valence-electron chi connectivity index (χ1n) is 37.3. The van der Waals surface area contributed by atoms with E-state index >= 15 is 0 Å². The molecule has 1 atom stereocenters. The molecule has 16 aromatic carbocycles. The van der Waals surface area contributed by atoms with Gasteiger partial charge in [0.05, 0.1) is 10.8 Å². The monoisotopic (exact) mass is 1400 g/mol. The minimum atomic E-state index is -0.776. The van der Waals surface area contributed by atoms with Gasteiger partial charge in [0.2, 0.25) is 0 Å². The fourth-order valence-corrected chi connectivity index (χ4v) is 17.9. The Morgan fingerprint density at radius 1 is 0.164 bits per heavy atom. The molecule has 2 aromatic heterocycles. The Labute approximate surface area is 635 Å². The molecular formula is C102H62N6O2. The molecule has 0 amide bonds. The Morgan fingerprint density at radius 3 is 1.05 bits per heavy atom. The van der Waals surface area contributed by atoms with Crippen LogP contribution < -0.4 is 9.47 Å². The van der Waals surface area contributed by atoms with Gasteiger partial charge in [-0.3, -0.25) is 0 Å². The van der Waals surface area contributed by atoms with Crippen molar-refractivity contribution < 1.29 is 9.47 Å². The third kappa shape index (κ3) is 9.72. The molecule has 2 spiro atoms. The van der Waals surface area contributed by atoms with Crippen LogP contribution in [0.2, 0.25) is 0 Å². The number of rotatable bonds is 10. The molecule has 2 aliphatic carbocycles. The Kier molecular flexibility index (Phi) is 14.3. The molecule has 22 rings (SSSR count). The van der Waals surface area contributed by atoms with Gasteiger partial charge in [-0.1, -0.05) is 328 Å². The molecule has 0 N–H and O–H groups in total. The smallest absolute Gasteiger partial charge is 0.164 e. The summed E-state index contributed by atoms with van der Waals surface area (Å²) < 4.78 is 13.9. The maximum Gasteiger partial charge on any atom is 0.164 e. The van der Waals surface area contributed by atoms with Gasteiger partial charge in [-0.25, -0.2) is 29.9 Å². The predicted octanol–water partition coefficient (Wildman–Crippen LogP) is 24.8. The van der Waals surface area contributed by atoms with Crippen molar-refractivity contribution in [2.75, 3.05) is 0 Å². The van der Waals surface area contributed by atoms with Gasteiger partial charge < -0.3 is 9.47 Å². The van der Waals surface area contributed by atoms with Crippen LogP contribution in [0.3, 0.4) is 0 Å². The van der Waals surface area contributed by atoms with E-state index in [4.69, 9.17) is 39.4 Å². The quantitative estimate of drug-likeness (QED) is 0.134. The van der Waals surface area contributed by atoms with Crippen LogP contribution in [0.4, 0.5) is 0 Å². The minimum absolute atomic E-state index is 0.573. The molecule has 1 unspecified atom stereocenters. The SMILES string of the molecule is c1ccc(-c2nc(-c3ccc(-c4cccc(-c5cccc6c5-c5ccccc5C65c6ccccc6Oc6ccc(-c7ccccc7-c7nc(-c8ccccc8)nc(-c8ccc9ccccc9c8)n7)cc65)c4)cc3)nc(-c3ccccc3-c3ccc4c(c3)C3(c5ccccc5O4)c4ccccc4-c4ccccc43)n2)cc1. The highest BCUT2D eigenvalue weighted by Crippen LogP contribution is 2.65. The van der Waals surface area contributed by atoms with Crippen LogP contribution in [0.25, 0.3) is 146 Å². The number of fused-ring (bicyclic) bond motifs is 19. The van der Waals surface area contributed by atoms with Gasteiger partial charge in [-0.05, 0) is 148 Å². The summed E-state index contributed by atoms with van der Waals surface area (Å²) in [6.07, 6.45) is 0. The van der Waals surface area contributed by atoms with Crippen molar-refractivity contribution in [3.05, 3.63) is 421 Å². The summed E-state index contributed by atoms with van der Waals surface area (Å²) in [5.41, 5.74) is 26.4. The van der Waals surface area contributed by atoms with E-state index in [-0.39, 0.29) is 0 Å². The van der Waals surface area contributed by atoms with Crippen molar-refractivity contribution >= 4 is 10.8 Å². The predicted molar refractivity (Wildman–Crippen MR) is 440 cm³/mol. The van der Waals surface area contributed by atoms with Crippen molar-refractivity contribution in [2.24, 2.45) is 0 Å². The second kappa shape index (κ2) is 25.0. The summed E-state index contributed by atoms with van der Waals surface area (Å²) >= 11 is 0. The van der Waals surface area contributed by atoms with E-state index in [9.17, 15) is 0 Å². The standard InChI is InChI=1S/C102H62N6O2/c1-3-26-65(27-4-1)95-103-97(107-99(105-95)79-37-11-9-33-74(79)71-55-57-92-88(61-71)101(85-44-19-21-47-90(85)109-92)82-41-16-13-35-77(82)78-36-14-17-42-83(78)101)67-52-49-64(50-53-67)69-31-23-32-70(59-69)76-40-24-46-87-94(76)81-39-15-18-43-84(81)102(87)86-45-20-22-48-91(86)110-93-58-56-72(62-89(93)102)75-34-10-12-38-80(75)100-106-96(66-28-5-2-6-29-66)104-98(108-100)73-54-51-63-25-7-8-30-68(63)60-73/h1-62H. The third-order valence-corrected chi connectivity index (χ3v) is 22.8. The van der Waals surface area contributed by atoms with Crippen LogP contribution in [-0.4, -0.2) is 29.9 Å². The van der Waals surface area contributed by atoms with Crippen LogP contribution in [0.15, 0.2) is 376 Å². The lowest BCUT2D eigenvalue weighted by molar-refractivity contribution is 0.436. The molecule has 18 aromatic rings. The zero-order valence-corrected chi connectivity index (χ0v) is 59.3. The van der Waals surface area contributed by atoms with Crippen molar-refractivity contribution in [3.8, 4) is 158 Å². The highest BCUT2D eigenvalue weighted by Gasteiger charge is 2.53. The molecule has 8 heteroatoms. The second-order valence-electron chi connectivity index (χ2n) is 28.6. The fourth-order valence-electron chi connectivity index (χ4n) is 17.9. The van der Waals surface area contributed by atoms with Gasteiger partial charge in [0.1, 0.15) is 23.0 Å². The van der Waals surface area contributed by atoms with E-state index in [1.807, 2.05) is 36.4 Å². The lowest BCUT2D eigenvalue weighted by Crippen LogP contribution is -2.32. The van der Waals surface area contributed by atoms with E-state index in [0.29, 0.717) is 34.9 Å². The van der Waals surface area contributed by atoms with Crippen molar-refractivity contribution in [1.82, 2.24) is 29.9 Å². The number of hydrogen-bond donors (Lipinski definition) is 0. The summed E-state index contributed by atoms with van der Waals surface area (Å²) in [6, 6.07) is 134. The Morgan fingerprint density at radius 2 is 0.500 bits per heavy atom. The molecular weight excluding hydrogens is 1340 g/mol. The minimum Gasteiger partial charge on any atom is -0.457 e. The number of ether oxygens (including phenoxy) is 2. The van der Waals surface area contributed by atoms with Gasteiger partial charge in [0.25, 0.3) is 0 Å². The molecule has 110 heavy (non-hydrogen) atoms. The number of para-hydroxylation sites is 2. The second-order valence-corrected chi connectivity index (χ2v) is 28.6. The summed E-state index contributed by atoms with van der Waals surface area (Å²) in [7, 11) is 0. The molecule has 512 valence electrons. The Balaban J connectivity index is 0.632. The van der Waals surface area contributed by atoms with Gasteiger partial charge >= 0.3 is 0 Å². The number of benzene rings is 16. The molecule has 8 nitrogen and oxygen atoms in total. The maximum atomic E-state index is 7.06. The zero-order chi connectivity index (χ0) is 72.4. The van der Waals surface area contributed by atoms with Crippen molar-refractivity contribution in [3.63, 3.8) is 0 Å². The van der Waals surface area contributed by atoms with Gasteiger partial charge in [0.15, 0.2) is 34.9 Å². The first-order chi connectivity index (χ1) is 54.5. The van der Waals surface area contributed by atoms with Crippen molar-refractivity contribution in [1.29, 1.82) is 0 Å². The highest BCUT2D eigenvalue weighted by atomic mass is 16.5. The van der Waals surface area contributed by atoms with Crippen LogP contribution in [0, 0.1) is 0 Å². The van der Waals surface area contributed by atoms with E-state index in [1.165, 1.54) is 44.5 Å². The number of nitrogens with zero attached hydrogens (tertiary/aromatic N) is 6. The van der Waals surface area contributed by atoms with E-state index < -0.39 is 10.8 Å². The Hall–Kier alpha value is -14.6. The molecule has 0 radical (unpaired) electrons. The summed E-state index contributed by atoms with van der Waals surface area (Å²) in [6.45, 7) is 0. The van der Waals surface area contributed by atoms with Crippen LogP contribution in [-0.2, 0) is 10.8 Å². The normalized spacial score (nSPS) is 14.1. The van der Waals surface area contributed by atoms with Crippen LogP contribution in [0.5, 0.6) is 23.0 Å².